The van der Waals surface area contributed by atoms with Crippen LogP contribution < -0.4 is 9.64 Å². The Bertz CT molecular complexity index is 718. The minimum atomic E-state index is -0.526. The van der Waals surface area contributed by atoms with E-state index in [0.29, 0.717) is 5.75 Å². The molecule has 3 rings (SSSR count). The first kappa shape index (κ1) is 17.3. The normalized spacial score (nSPS) is 18.0. The van der Waals surface area contributed by atoms with Gasteiger partial charge in [0.15, 0.2) is 6.10 Å². The topological polar surface area (TPSA) is 45.7 Å². The van der Waals surface area contributed by atoms with Gasteiger partial charge in [-0.1, -0.05) is 12.1 Å². The molecule has 1 fully saturated rings. The van der Waals surface area contributed by atoms with Gasteiger partial charge in [-0.05, 0) is 49.6 Å². The van der Waals surface area contributed by atoms with Crippen LogP contribution in [0.2, 0.25) is 0 Å². The number of carbonyl (C=O) groups excluding carboxylic acids is 1. The lowest BCUT2D eigenvalue weighted by Gasteiger charge is -2.28. The summed E-state index contributed by atoms with van der Waals surface area (Å²) in [6, 6.07) is 12.2. The van der Waals surface area contributed by atoms with Crippen molar-refractivity contribution in [3.63, 3.8) is 0 Å². The SMILES string of the molecule is C[C@H](Oc1cccnc1)C(=O)N1CCC[C@H]1c1cccc(N(C)C)c1. The molecule has 2 atom stereocenters. The third kappa shape index (κ3) is 3.92. The molecular weight excluding hydrogens is 314 g/mol. The second-order valence-corrected chi connectivity index (χ2v) is 6.63. The second kappa shape index (κ2) is 7.55. The number of hydrogen-bond donors (Lipinski definition) is 0. The van der Waals surface area contributed by atoms with Crippen LogP contribution in [0.25, 0.3) is 0 Å². The lowest BCUT2D eigenvalue weighted by atomic mass is 10.0. The van der Waals surface area contributed by atoms with Gasteiger partial charge in [0, 0.05) is 32.5 Å². The van der Waals surface area contributed by atoms with Crippen molar-refractivity contribution in [2.45, 2.75) is 31.9 Å². The van der Waals surface area contributed by atoms with Crippen molar-refractivity contribution >= 4 is 11.6 Å². The van der Waals surface area contributed by atoms with E-state index < -0.39 is 6.10 Å². The quantitative estimate of drug-likeness (QED) is 0.839. The molecule has 1 aliphatic rings. The average molecular weight is 339 g/mol. The molecule has 5 heteroatoms. The van der Waals surface area contributed by atoms with Crippen LogP contribution in [0.5, 0.6) is 5.75 Å². The lowest BCUT2D eigenvalue weighted by Crippen LogP contribution is -2.40. The minimum Gasteiger partial charge on any atom is -0.479 e. The van der Waals surface area contributed by atoms with Gasteiger partial charge in [0.25, 0.3) is 5.91 Å². The van der Waals surface area contributed by atoms with Gasteiger partial charge in [-0.3, -0.25) is 9.78 Å². The van der Waals surface area contributed by atoms with Crippen LogP contribution in [0, 0.1) is 0 Å². The van der Waals surface area contributed by atoms with E-state index in [1.54, 1.807) is 25.4 Å². The number of carbonyl (C=O) groups is 1. The predicted molar refractivity (Wildman–Crippen MR) is 98.8 cm³/mol. The van der Waals surface area contributed by atoms with Gasteiger partial charge in [-0.25, -0.2) is 0 Å². The summed E-state index contributed by atoms with van der Waals surface area (Å²) in [7, 11) is 4.06. The van der Waals surface area contributed by atoms with E-state index in [1.165, 1.54) is 5.56 Å². The summed E-state index contributed by atoms with van der Waals surface area (Å²) in [6.45, 7) is 2.58. The van der Waals surface area contributed by atoms with Gasteiger partial charge in [0.05, 0.1) is 12.2 Å². The van der Waals surface area contributed by atoms with Gasteiger partial charge in [0.1, 0.15) is 5.75 Å². The van der Waals surface area contributed by atoms with Gasteiger partial charge < -0.3 is 14.5 Å². The fraction of sp³-hybridized carbons (Fsp3) is 0.400. The second-order valence-electron chi connectivity index (χ2n) is 6.63. The van der Waals surface area contributed by atoms with Crippen LogP contribution in [0.15, 0.2) is 48.8 Å². The van der Waals surface area contributed by atoms with E-state index in [1.807, 2.05) is 25.1 Å². The summed E-state index contributed by atoms with van der Waals surface area (Å²) in [6.07, 6.45) is 4.80. The summed E-state index contributed by atoms with van der Waals surface area (Å²) in [5.74, 6) is 0.648. The predicted octanol–water partition coefficient (Wildman–Crippen LogP) is 3.28. The van der Waals surface area contributed by atoms with Crippen LogP contribution in [-0.4, -0.2) is 42.5 Å². The molecule has 1 saturated heterocycles. The highest BCUT2D eigenvalue weighted by atomic mass is 16.5. The van der Waals surface area contributed by atoms with Gasteiger partial charge in [-0.15, -0.1) is 0 Å². The fourth-order valence-corrected chi connectivity index (χ4v) is 3.29. The van der Waals surface area contributed by atoms with E-state index in [0.717, 1.165) is 25.1 Å². The Balaban J connectivity index is 1.74. The minimum absolute atomic E-state index is 0.0293. The molecule has 1 aromatic carbocycles. The van der Waals surface area contributed by atoms with E-state index in [4.69, 9.17) is 4.74 Å². The molecule has 0 aliphatic carbocycles. The Labute approximate surface area is 149 Å². The molecule has 0 saturated carbocycles. The molecule has 1 aliphatic heterocycles. The van der Waals surface area contributed by atoms with E-state index in [-0.39, 0.29) is 11.9 Å². The molecule has 1 amide bonds. The number of anilines is 1. The molecule has 5 nitrogen and oxygen atoms in total. The monoisotopic (exact) mass is 339 g/mol. The molecule has 2 aromatic rings. The zero-order valence-corrected chi connectivity index (χ0v) is 15.1. The average Bonchev–Trinajstić information content (AvgIpc) is 3.11. The van der Waals surface area contributed by atoms with E-state index in [9.17, 15) is 4.79 Å². The lowest BCUT2D eigenvalue weighted by molar-refractivity contribution is -0.138. The van der Waals surface area contributed by atoms with Crippen molar-refractivity contribution in [3.05, 3.63) is 54.4 Å². The van der Waals surface area contributed by atoms with E-state index >= 15 is 0 Å². The largest absolute Gasteiger partial charge is 0.479 e. The first-order chi connectivity index (χ1) is 12.1. The van der Waals surface area contributed by atoms with Gasteiger partial charge in [-0.2, -0.15) is 0 Å². The van der Waals surface area contributed by atoms with Crippen LogP contribution in [0.4, 0.5) is 5.69 Å². The number of rotatable bonds is 5. The Morgan fingerprint density at radius 1 is 1.32 bits per heavy atom. The third-order valence-electron chi connectivity index (χ3n) is 4.60. The molecule has 2 heterocycles. The number of pyridine rings is 1. The van der Waals surface area contributed by atoms with Crippen LogP contribution >= 0.6 is 0 Å². The number of hydrogen-bond acceptors (Lipinski definition) is 4. The summed E-state index contributed by atoms with van der Waals surface area (Å²) in [5.41, 5.74) is 2.34. The molecule has 0 radical (unpaired) electrons. The molecule has 0 unspecified atom stereocenters. The molecule has 0 spiro atoms. The highest BCUT2D eigenvalue weighted by Gasteiger charge is 2.33. The zero-order chi connectivity index (χ0) is 17.8. The summed E-state index contributed by atoms with van der Waals surface area (Å²) in [4.78, 5) is 21.0. The number of benzene rings is 1. The van der Waals surface area contributed by atoms with Crippen molar-refractivity contribution in [2.24, 2.45) is 0 Å². The Hall–Kier alpha value is -2.56. The molecule has 1 aromatic heterocycles. The summed E-state index contributed by atoms with van der Waals surface area (Å²) >= 11 is 0. The van der Waals surface area contributed by atoms with Crippen LogP contribution in [0.1, 0.15) is 31.4 Å². The number of likely N-dealkylation sites (tertiary alicyclic amines) is 1. The highest BCUT2D eigenvalue weighted by molar-refractivity contribution is 5.81. The Morgan fingerprint density at radius 3 is 2.88 bits per heavy atom. The van der Waals surface area contributed by atoms with Crippen molar-refractivity contribution < 1.29 is 9.53 Å². The first-order valence-corrected chi connectivity index (χ1v) is 8.70. The van der Waals surface area contributed by atoms with E-state index in [2.05, 4.69) is 34.1 Å². The molecule has 25 heavy (non-hydrogen) atoms. The molecule has 0 bridgehead atoms. The Kier molecular flexibility index (Phi) is 5.22. The maximum atomic E-state index is 12.9. The number of amides is 1. The van der Waals surface area contributed by atoms with Crippen molar-refractivity contribution in [1.29, 1.82) is 0 Å². The number of nitrogens with zero attached hydrogens (tertiary/aromatic N) is 3. The maximum absolute atomic E-state index is 12.9. The first-order valence-electron chi connectivity index (χ1n) is 8.70. The maximum Gasteiger partial charge on any atom is 0.263 e. The van der Waals surface area contributed by atoms with Gasteiger partial charge in [0.2, 0.25) is 0 Å². The van der Waals surface area contributed by atoms with Gasteiger partial charge >= 0.3 is 0 Å². The third-order valence-corrected chi connectivity index (χ3v) is 4.60. The van der Waals surface area contributed by atoms with Crippen LogP contribution in [0.3, 0.4) is 0 Å². The summed E-state index contributed by atoms with van der Waals surface area (Å²) < 4.78 is 5.77. The highest BCUT2D eigenvalue weighted by Crippen LogP contribution is 2.34. The zero-order valence-electron chi connectivity index (χ0n) is 15.1. The van der Waals surface area contributed by atoms with Crippen molar-refractivity contribution in [2.75, 3.05) is 25.5 Å². The molecular formula is C20H25N3O2. The molecule has 0 N–H and O–H groups in total. The summed E-state index contributed by atoms with van der Waals surface area (Å²) in [5, 5.41) is 0. The number of ether oxygens (including phenoxy) is 1. The van der Waals surface area contributed by atoms with Crippen LogP contribution in [-0.2, 0) is 4.79 Å². The molecule has 132 valence electrons. The van der Waals surface area contributed by atoms with Crippen molar-refractivity contribution in [3.8, 4) is 5.75 Å². The smallest absolute Gasteiger partial charge is 0.263 e. The standard InChI is InChI=1S/C20H25N3O2/c1-15(25-18-9-5-11-21-14-18)20(24)23-12-6-10-19(23)16-7-4-8-17(13-16)22(2)3/h4-5,7-9,11,13-15,19H,6,10,12H2,1-3H3/t15-,19-/m0/s1. The number of aromatic nitrogens is 1. The fourth-order valence-electron chi connectivity index (χ4n) is 3.29. The van der Waals surface area contributed by atoms with Crippen molar-refractivity contribution in [1.82, 2.24) is 9.88 Å². The Morgan fingerprint density at radius 2 is 2.16 bits per heavy atom.